The normalized spacial score (nSPS) is 10.7. The highest BCUT2D eigenvalue weighted by atomic mass is 35.5. The standard InChI is InChI=1S/C17H11Cl2N3O3/c18-12-4-5-14(19)15(7-12)22-16(23)11(8-20)9-21-13-3-1-2-10(6-13)17(24)25/h1-7,9,21H,(H,22,23)(H,24,25)/b11-9-. The number of nitrogens with zero attached hydrogens (tertiary/aromatic N) is 1. The van der Waals surface area contributed by atoms with E-state index in [9.17, 15) is 9.59 Å². The summed E-state index contributed by atoms with van der Waals surface area (Å²) in [5.41, 5.74) is 0.540. The van der Waals surface area contributed by atoms with Gasteiger partial charge in [0, 0.05) is 16.9 Å². The van der Waals surface area contributed by atoms with Gasteiger partial charge in [-0.25, -0.2) is 4.79 Å². The van der Waals surface area contributed by atoms with E-state index in [2.05, 4.69) is 10.6 Å². The molecule has 2 rings (SSSR count). The van der Waals surface area contributed by atoms with Gasteiger partial charge >= 0.3 is 5.97 Å². The molecule has 0 unspecified atom stereocenters. The second-order valence-electron chi connectivity index (χ2n) is 4.78. The summed E-state index contributed by atoms with van der Waals surface area (Å²) in [7, 11) is 0. The first-order chi connectivity index (χ1) is 11.9. The molecule has 0 aliphatic carbocycles. The molecule has 0 saturated heterocycles. The number of rotatable bonds is 5. The molecule has 126 valence electrons. The molecule has 0 atom stereocenters. The summed E-state index contributed by atoms with van der Waals surface area (Å²) < 4.78 is 0. The maximum absolute atomic E-state index is 12.2. The minimum Gasteiger partial charge on any atom is -0.478 e. The molecule has 0 aliphatic heterocycles. The van der Waals surface area contributed by atoms with Gasteiger partial charge < -0.3 is 15.7 Å². The molecule has 0 aliphatic rings. The summed E-state index contributed by atoms with van der Waals surface area (Å²) in [5.74, 6) is -1.77. The molecule has 8 heteroatoms. The summed E-state index contributed by atoms with van der Waals surface area (Å²) in [5, 5.41) is 24.0. The Labute approximate surface area is 153 Å². The Morgan fingerprint density at radius 3 is 2.60 bits per heavy atom. The van der Waals surface area contributed by atoms with Gasteiger partial charge in [-0.05, 0) is 36.4 Å². The maximum Gasteiger partial charge on any atom is 0.335 e. The highest BCUT2D eigenvalue weighted by Crippen LogP contribution is 2.25. The van der Waals surface area contributed by atoms with Gasteiger partial charge in [0.05, 0.1) is 16.3 Å². The van der Waals surface area contributed by atoms with E-state index in [-0.39, 0.29) is 21.8 Å². The van der Waals surface area contributed by atoms with E-state index in [1.807, 2.05) is 0 Å². The smallest absolute Gasteiger partial charge is 0.335 e. The number of anilines is 2. The van der Waals surface area contributed by atoms with Crippen LogP contribution < -0.4 is 10.6 Å². The average molecular weight is 376 g/mol. The van der Waals surface area contributed by atoms with Gasteiger partial charge in [0.2, 0.25) is 0 Å². The van der Waals surface area contributed by atoms with Crippen LogP contribution in [0.2, 0.25) is 10.0 Å². The van der Waals surface area contributed by atoms with E-state index >= 15 is 0 Å². The maximum atomic E-state index is 12.2. The predicted molar refractivity (Wildman–Crippen MR) is 95.8 cm³/mol. The molecule has 0 bridgehead atoms. The van der Waals surface area contributed by atoms with Gasteiger partial charge in [-0.2, -0.15) is 5.26 Å². The van der Waals surface area contributed by atoms with Crippen LogP contribution in [0.25, 0.3) is 0 Å². The fourth-order valence-corrected chi connectivity index (χ4v) is 2.17. The minimum atomic E-state index is -1.08. The van der Waals surface area contributed by atoms with Crippen molar-refractivity contribution in [2.24, 2.45) is 0 Å². The molecular weight excluding hydrogens is 365 g/mol. The molecule has 0 radical (unpaired) electrons. The first-order valence-electron chi connectivity index (χ1n) is 6.87. The average Bonchev–Trinajstić information content (AvgIpc) is 2.59. The molecule has 0 spiro atoms. The van der Waals surface area contributed by atoms with E-state index < -0.39 is 11.9 Å². The Hall–Kier alpha value is -3.01. The molecule has 6 nitrogen and oxygen atoms in total. The minimum absolute atomic E-state index is 0.0760. The van der Waals surface area contributed by atoms with Gasteiger partial charge in [0.25, 0.3) is 5.91 Å². The lowest BCUT2D eigenvalue weighted by molar-refractivity contribution is -0.112. The Morgan fingerprint density at radius 1 is 1.16 bits per heavy atom. The fraction of sp³-hybridized carbons (Fsp3) is 0. The Balaban J connectivity index is 2.15. The van der Waals surface area contributed by atoms with Crippen molar-refractivity contribution in [2.45, 2.75) is 0 Å². The highest BCUT2D eigenvalue weighted by molar-refractivity contribution is 6.36. The Bertz CT molecular complexity index is 904. The van der Waals surface area contributed by atoms with Crippen molar-refractivity contribution >= 4 is 46.5 Å². The molecule has 3 N–H and O–H groups in total. The highest BCUT2D eigenvalue weighted by Gasteiger charge is 2.12. The van der Waals surface area contributed by atoms with Crippen LogP contribution in [0.1, 0.15) is 10.4 Å². The topological polar surface area (TPSA) is 102 Å². The third-order valence-corrected chi connectivity index (χ3v) is 3.60. The summed E-state index contributed by atoms with van der Waals surface area (Å²) >= 11 is 11.8. The van der Waals surface area contributed by atoms with Crippen LogP contribution in [0.3, 0.4) is 0 Å². The number of amides is 1. The first-order valence-corrected chi connectivity index (χ1v) is 7.63. The number of hydrogen-bond acceptors (Lipinski definition) is 4. The van der Waals surface area contributed by atoms with Gasteiger partial charge in [-0.15, -0.1) is 0 Å². The Kier molecular flexibility index (Phi) is 6.01. The van der Waals surface area contributed by atoms with Gasteiger partial charge in [-0.3, -0.25) is 4.79 Å². The van der Waals surface area contributed by atoms with E-state index in [1.165, 1.54) is 36.5 Å². The summed E-state index contributed by atoms with van der Waals surface area (Å²) in [4.78, 5) is 23.1. The lowest BCUT2D eigenvalue weighted by atomic mass is 10.2. The number of hydrogen-bond donors (Lipinski definition) is 3. The largest absolute Gasteiger partial charge is 0.478 e. The number of nitrogens with one attached hydrogen (secondary N) is 2. The summed E-state index contributed by atoms with van der Waals surface area (Å²) in [6.07, 6.45) is 1.18. The molecular formula is C17H11Cl2N3O3. The van der Waals surface area contributed by atoms with Crippen LogP contribution in [0.4, 0.5) is 11.4 Å². The first kappa shape index (κ1) is 18.3. The zero-order valence-corrected chi connectivity index (χ0v) is 14.1. The fourth-order valence-electron chi connectivity index (χ4n) is 1.83. The number of halogens is 2. The van der Waals surface area contributed by atoms with E-state index in [0.717, 1.165) is 0 Å². The molecule has 2 aromatic carbocycles. The van der Waals surface area contributed by atoms with Crippen LogP contribution in [-0.4, -0.2) is 17.0 Å². The van der Waals surface area contributed by atoms with Crippen molar-refractivity contribution < 1.29 is 14.7 Å². The Morgan fingerprint density at radius 2 is 1.92 bits per heavy atom. The van der Waals surface area contributed by atoms with E-state index in [4.69, 9.17) is 33.6 Å². The van der Waals surface area contributed by atoms with Crippen molar-refractivity contribution in [3.05, 3.63) is 69.8 Å². The number of carboxylic acid groups (broad SMARTS) is 1. The SMILES string of the molecule is N#C/C(=C/Nc1cccc(C(=O)O)c1)C(=O)Nc1cc(Cl)ccc1Cl. The zero-order chi connectivity index (χ0) is 18.4. The van der Waals surface area contributed by atoms with Crippen molar-refractivity contribution in [3.63, 3.8) is 0 Å². The molecule has 0 saturated carbocycles. The predicted octanol–water partition coefficient (Wildman–Crippen LogP) is 4.15. The van der Waals surface area contributed by atoms with Crippen molar-refractivity contribution in [2.75, 3.05) is 10.6 Å². The number of benzene rings is 2. The second-order valence-corrected chi connectivity index (χ2v) is 5.62. The van der Waals surface area contributed by atoms with Crippen molar-refractivity contribution in [1.82, 2.24) is 0 Å². The summed E-state index contributed by atoms with van der Waals surface area (Å²) in [6.45, 7) is 0. The van der Waals surface area contributed by atoms with Gasteiger partial charge in [-0.1, -0.05) is 29.3 Å². The number of carboxylic acids is 1. The number of carbonyl (C=O) groups excluding carboxylic acids is 1. The van der Waals surface area contributed by atoms with Gasteiger partial charge in [0.1, 0.15) is 11.6 Å². The summed E-state index contributed by atoms with van der Waals surface area (Å²) in [6, 6.07) is 12.2. The second kappa shape index (κ2) is 8.20. The monoisotopic (exact) mass is 375 g/mol. The number of carbonyl (C=O) groups is 2. The van der Waals surface area contributed by atoms with Crippen LogP contribution >= 0.6 is 23.2 Å². The third kappa shape index (κ3) is 4.98. The zero-order valence-electron chi connectivity index (χ0n) is 12.6. The van der Waals surface area contributed by atoms with Crippen LogP contribution in [0, 0.1) is 11.3 Å². The molecule has 0 heterocycles. The molecule has 25 heavy (non-hydrogen) atoms. The van der Waals surface area contributed by atoms with Crippen LogP contribution in [0.15, 0.2) is 54.2 Å². The van der Waals surface area contributed by atoms with E-state index in [1.54, 1.807) is 18.2 Å². The van der Waals surface area contributed by atoms with E-state index in [0.29, 0.717) is 10.7 Å². The van der Waals surface area contributed by atoms with Crippen LogP contribution in [-0.2, 0) is 4.79 Å². The number of nitriles is 1. The van der Waals surface area contributed by atoms with Crippen LogP contribution in [0.5, 0.6) is 0 Å². The quantitative estimate of drug-likeness (QED) is 0.538. The van der Waals surface area contributed by atoms with Gasteiger partial charge in [0.15, 0.2) is 0 Å². The lowest BCUT2D eigenvalue weighted by Crippen LogP contribution is -2.15. The number of aromatic carboxylic acids is 1. The lowest BCUT2D eigenvalue weighted by Gasteiger charge is -2.07. The van der Waals surface area contributed by atoms with Crippen molar-refractivity contribution in [1.29, 1.82) is 5.26 Å². The molecule has 2 aromatic rings. The molecule has 1 amide bonds. The molecule has 0 aromatic heterocycles. The molecule has 0 fully saturated rings. The van der Waals surface area contributed by atoms with Crippen molar-refractivity contribution in [3.8, 4) is 6.07 Å². The third-order valence-electron chi connectivity index (χ3n) is 3.03.